The van der Waals surface area contributed by atoms with Crippen LogP contribution in [0.1, 0.15) is 68.2 Å². The highest BCUT2D eigenvalue weighted by Crippen LogP contribution is 2.46. The van der Waals surface area contributed by atoms with Crippen molar-refractivity contribution in [3.63, 3.8) is 0 Å². The summed E-state index contributed by atoms with van der Waals surface area (Å²) < 4.78 is 0. The lowest BCUT2D eigenvalue weighted by Crippen LogP contribution is -2.32. The van der Waals surface area contributed by atoms with Gasteiger partial charge in [0.05, 0.1) is 0 Å². The van der Waals surface area contributed by atoms with E-state index in [4.69, 9.17) is 0 Å². The van der Waals surface area contributed by atoms with E-state index in [0.717, 1.165) is 12.8 Å². The first kappa shape index (κ1) is 16.7. The topological polar surface area (TPSA) is 12.0 Å². The van der Waals surface area contributed by atoms with Crippen molar-refractivity contribution in [2.75, 3.05) is 7.05 Å². The first-order valence-electron chi connectivity index (χ1n) is 8.59. The molecule has 0 bridgehead atoms. The highest BCUT2D eigenvalue weighted by molar-refractivity contribution is 5.51. The second-order valence-corrected chi connectivity index (χ2v) is 6.35. The molecule has 1 saturated carbocycles. The second kappa shape index (κ2) is 7.05. The predicted molar refractivity (Wildman–Crippen MR) is 96.1 cm³/mol. The minimum absolute atomic E-state index is 0.111. The van der Waals surface area contributed by atoms with Crippen molar-refractivity contribution in [1.29, 1.82) is 0 Å². The molecule has 2 rings (SSSR count). The third kappa shape index (κ3) is 2.93. The van der Waals surface area contributed by atoms with Crippen LogP contribution in [0, 0.1) is 18.8 Å². The first-order chi connectivity index (χ1) is 10.6. The third-order valence-corrected chi connectivity index (χ3v) is 5.08. The van der Waals surface area contributed by atoms with E-state index in [1.54, 1.807) is 0 Å². The van der Waals surface area contributed by atoms with Gasteiger partial charge in [-0.05, 0) is 48.9 Å². The molecule has 0 aromatic heterocycles. The van der Waals surface area contributed by atoms with Gasteiger partial charge in [0.2, 0.25) is 0 Å². The summed E-state index contributed by atoms with van der Waals surface area (Å²) in [6.45, 7) is 10.9. The smallest absolute Gasteiger partial charge is 0.0346 e. The maximum atomic E-state index is 4.33. The van der Waals surface area contributed by atoms with Crippen LogP contribution in [0.5, 0.6) is 0 Å². The first-order valence-corrected chi connectivity index (χ1v) is 8.59. The van der Waals surface area contributed by atoms with Crippen molar-refractivity contribution in [1.82, 2.24) is 5.32 Å². The summed E-state index contributed by atoms with van der Waals surface area (Å²) in [6, 6.07) is 4.70. The number of benzene rings is 1. The highest BCUT2D eigenvalue weighted by Gasteiger charge is 2.39. The summed E-state index contributed by atoms with van der Waals surface area (Å²) in [7, 11) is 2.00. The summed E-state index contributed by atoms with van der Waals surface area (Å²) in [5, 5.41) is 3.34. The van der Waals surface area contributed by atoms with Gasteiger partial charge in [0.1, 0.15) is 0 Å². The van der Waals surface area contributed by atoms with Crippen molar-refractivity contribution < 1.29 is 0 Å². The summed E-state index contributed by atoms with van der Waals surface area (Å²) in [6.07, 6.45) is 6.93. The molecule has 22 heavy (non-hydrogen) atoms. The highest BCUT2D eigenvalue weighted by atomic mass is 14.9. The number of likely N-dealkylation sites (N-methyl/N-ethyl adjacent to an activating group) is 1. The average molecular weight is 295 g/mol. The Morgan fingerprint density at radius 3 is 2.50 bits per heavy atom. The Bertz CT molecular complexity index is 607. The van der Waals surface area contributed by atoms with Crippen molar-refractivity contribution >= 4 is 0 Å². The summed E-state index contributed by atoms with van der Waals surface area (Å²) >= 11 is 0. The maximum absolute atomic E-state index is 4.33. The SMILES string of the molecule is C=C(NC)C1(c2cc(CC)c(C#CCC)cc2C)CCCC1. The van der Waals surface area contributed by atoms with Gasteiger partial charge in [-0.25, -0.2) is 0 Å². The van der Waals surface area contributed by atoms with E-state index in [1.807, 2.05) is 7.05 Å². The molecule has 0 radical (unpaired) electrons. The zero-order valence-corrected chi connectivity index (χ0v) is 14.6. The number of aryl methyl sites for hydroxylation is 2. The van der Waals surface area contributed by atoms with Crippen LogP contribution in [-0.4, -0.2) is 7.05 Å². The standard InChI is InChI=1S/C21H29N/c1-6-8-11-19-14-16(3)20(15-18(19)7-2)21(17(4)22-5)12-9-10-13-21/h14-15,22H,4,6-7,9-10,12-13H2,1-3,5H3. The molecule has 0 heterocycles. The van der Waals surface area contributed by atoms with Gasteiger partial charge in [-0.1, -0.05) is 51.2 Å². The molecular weight excluding hydrogens is 266 g/mol. The number of rotatable bonds is 4. The van der Waals surface area contributed by atoms with E-state index in [9.17, 15) is 0 Å². The van der Waals surface area contributed by atoms with Crippen LogP contribution in [0.2, 0.25) is 0 Å². The molecule has 1 aliphatic rings. The summed E-state index contributed by atoms with van der Waals surface area (Å²) in [5.74, 6) is 6.56. The molecule has 0 unspecified atom stereocenters. The normalized spacial score (nSPS) is 16.0. The zero-order valence-electron chi connectivity index (χ0n) is 14.6. The fourth-order valence-corrected chi connectivity index (χ4v) is 3.81. The molecule has 1 nitrogen and oxygen atoms in total. The molecule has 0 spiro atoms. The summed E-state index contributed by atoms with van der Waals surface area (Å²) in [5.41, 5.74) is 6.67. The number of hydrogen-bond acceptors (Lipinski definition) is 1. The fourth-order valence-electron chi connectivity index (χ4n) is 3.81. The van der Waals surface area contributed by atoms with Gasteiger partial charge in [0, 0.05) is 30.1 Å². The van der Waals surface area contributed by atoms with Crippen molar-refractivity contribution in [3.05, 3.63) is 46.7 Å². The van der Waals surface area contributed by atoms with Crippen LogP contribution >= 0.6 is 0 Å². The van der Waals surface area contributed by atoms with Gasteiger partial charge in [-0.2, -0.15) is 0 Å². The molecule has 0 saturated heterocycles. The van der Waals surface area contributed by atoms with Crippen LogP contribution in [-0.2, 0) is 11.8 Å². The molecule has 1 aliphatic carbocycles. The Balaban J connectivity index is 2.57. The molecule has 1 fully saturated rings. The second-order valence-electron chi connectivity index (χ2n) is 6.35. The Morgan fingerprint density at radius 2 is 1.95 bits per heavy atom. The molecule has 0 atom stereocenters. The predicted octanol–water partition coefficient (Wildman–Crippen LogP) is 4.86. The monoisotopic (exact) mass is 295 g/mol. The van der Waals surface area contributed by atoms with Crippen LogP contribution in [0.4, 0.5) is 0 Å². The lowest BCUT2D eigenvalue weighted by Gasteiger charge is -2.34. The molecular formula is C21H29N. The zero-order chi connectivity index (χ0) is 16.2. The number of hydrogen-bond donors (Lipinski definition) is 1. The lowest BCUT2D eigenvalue weighted by atomic mass is 9.73. The number of nitrogens with one attached hydrogen (secondary N) is 1. The lowest BCUT2D eigenvalue weighted by molar-refractivity contribution is 0.492. The van der Waals surface area contributed by atoms with Gasteiger partial charge in [-0.15, -0.1) is 0 Å². The van der Waals surface area contributed by atoms with E-state index in [-0.39, 0.29) is 5.41 Å². The van der Waals surface area contributed by atoms with Crippen molar-refractivity contribution in [2.45, 2.75) is 64.7 Å². The average Bonchev–Trinajstić information content (AvgIpc) is 3.02. The van der Waals surface area contributed by atoms with E-state index in [0.29, 0.717) is 0 Å². The van der Waals surface area contributed by atoms with Crippen LogP contribution in [0.15, 0.2) is 24.4 Å². The van der Waals surface area contributed by atoms with Gasteiger partial charge >= 0.3 is 0 Å². The maximum Gasteiger partial charge on any atom is 0.0346 e. The quantitative estimate of drug-likeness (QED) is 0.782. The van der Waals surface area contributed by atoms with Gasteiger partial charge in [0.15, 0.2) is 0 Å². The molecule has 118 valence electrons. The Kier molecular flexibility index (Phi) is 5.35. The van der Waals surface area contributed by atoms with Gasteiger partial charge < -0.3 is 5.32 Å². The van der Waals surface area contributed by atoms with E-state index >= 15 is 0 Å². The third-order valence-electron chi connectivity index (χ3n) is 5.08. The van der Waals surface area contributed by atoms with Crippen molar-refractivity contribution in [3.8, 4) is 11.8 Å². The minimum Gasteiger partial charge on any atom is -0.391 e. The van der Waals surface area contributed by atoms with Crippen LogP contribution in [0.25, 0.3) is 0 Å². The Morgan fingerprint density at radius 1 is 1.27 bits per heavy atom. The van der Waals surface area contributed by atoms with Crippen LogP contribution < -0.4 is 5.32 Å². The van der Waals surface area contributed by atoms with Gasteiger partial charge in [0.25, 0.3) is 0 Å². The van der Waals surface area contributed by atoms with E-state index in [2.05, 4.69) is 56.6 Å². The Labute approximate surface area is 136 Å². The molecule has 0 aliphatic heterocycles. The van der Waals surface area contributed by atoms with E-state index in [1.165, 1.54) is 53.6 Å². The molecule has 1 aromatic rings. The molecule has 1 N–H and O–H groups in total. The minimum atomic E-state index is 0.111. The largest absolute Gasteiger partial charge is 0.391 e. The summed E-state index contributed by atoms with van der Waals surface area (Å²) in [4.78, 5) is 0. The van der Waals surface area contributed by atoms with Gasteiger partial charge in [-0.3, -0.25) is 0 Å². The Hall–Kier alpha value is -1.68. The fraction of sp³-hybridized carbons (Fsp3) is 0.524. The molecule has 0 amide bonds. The van der Waals surface area contributed by atoms with Crippen molar-refractivity contribution in [2.24, 2.45) is 0 Å². The molecule has 1 heteroatoms. The molecule has 1 aromatic carbocycles. The number of allylic oxidation sites excluding steroid dienone is 1. The van der Waals surface area contributed by atoms with E-state index < -0.39 is 0 Å². The van der Waals surface area contributed by atoms with Crippen LogP contribution in [0.3, 0.4) is 0 Å².